The quantitative estimate of drug-likeness (QED) is 0.625. The summed E-state index contributed by atoms with van der Waals surface area (Å²) in [4.78, 5) is 0. The molecule has 0 unspecified atom stereocenters. The lowest BCUT2D eigenvalue weighted by atomic mass is 10.1. The highest BCUT2D eigenvalue weighted by atomic mass is 35.5. The van der Waals surface area contributed by atoms with E-state index in [1.807, 2.05) is 0 Å². The minimum Gasteiger partial charge on any atom is -0.228 e. The first-order valence-corrected chi connectivity index (χ1v) is 7.11. The van der Waals surface area contributed by atoms with Crippen molar-refractivity contribution >= 4 is 23.2 Å². The van der Waals surface area contributed by atoms with Crippen LogP contribution in [0.3, 0.4) is 0 Å². The minimum absolute atomic E-state index is 0.112. The molecule has 3 aromatic rings. The van der Waals surface area contributed by atoms with Crippen molar-refractivity contribution in [2.45, 2.75) is 6.92 Å². The van der Waals surface area contributed by atoms with Crippen molar-refractivity contribution < 1.29 is 8.78 Å². The van der Waals surface area contributed by atoms with Crippen LogP contribution in [0.1, 0.15) is 5.69 Å². The summed E-state index contributed by atoms with van der Waals surface area (Å²) < 4.78 is 28.1. The summed E-state index contributed by atoms with van der Waals surface area (Å²) in [6.07, 6.45) is 2.95. The molecule has 1 radical (unpaired) electrons. The van der Waals surface area contributed by atoms with E-state index in [-0.39, 0.29) is 5.69 Å². The summed E-state index contributed by atoms with van der Waals surface area (Å²) in [5, 5.41) is 5.19. The Bertz CT molecular complexity index is 859. The summed E-state index contributed by atoms with van der Waals surface area (Å²) in [7, 11) is 0. The van der Waals surface area contributed by atoms with Gasteiger partial charge in [-0.05, 0) is 31.2 Å². The molecule has 0 saturated heterocycles. The fourth-order valence-electron chi connectivity index (χ4n) is 2.13. The molecule has 2 aromatic carbocycles. The van der Waals surface area contributed by atoms with E-state index >= 15 is 0 Å². The first kappa shape index (κ1) is 15.0. The molecule has 0 atom stereocenters. The van der Waals surface area contributed by atoms with Crippen LogP contribution in [0.25, 0.3) is 16.8 Å². The Kier molecular flexibility index (Phi) is 3.89. The zero-order valence-corrected chi connectivity index (χ0v) is 12.9. The number of aromatic nitrogens is 2. The Morgan fingerprint density at radius 1 is 1.09 bits per heavy atom. The van der Waals surface area contributed by atoms with Crippen molar-refractivity contribution in [3.63, 3.8) is 0 Å². The molecule has 0 spiro atoms. The first-order valence-electron chi connectivity index (χ1n) is 6.35. The number of hydrogen-bond donors (Lipinski definition) is 0. The van der Waals surface area contributed by atoms with Gasteiger partial charge >= 0.3 is 0 Å². The normalized spacial score (nSPS) is 11.0. The number of aryl methyl sites for hydroxylation is 1. The second kappa shape index (κ2) is 5.71. The lowest BCUT2D eigenvalue weighted by Gasteiger charge is -2.03. The molecule has 6 heteroatoms. The van der Waals surface area contributed by atoms with Crippen LogP contribution >= 0.6 is 23.2 Å². The summed E-state index contributed by atoms with van der Waals surface area (Å²) in [5.41, 5.74) is 2.05. The number of halogens is 4. The zero-order chi connectivity index (χ0) is 15.9. The van der Waals surface area contributed by atoms with Crippen molar-refractivity contribution in [2.24, 2.45) is 0 Å². The SMILES string of the molecule is Cc1nn(-c2ccc(F)cc2F)[c]c1-c1ccc(Cl)cc1Cl. The molecule has 22 heavy (non-hydrogen) atoms. The molecule has 1 heterocycles. The fraction of sp³-hybridized carbons (Fsp3) is 0.0625. The van der Waals surface area contributed by atoms with E-state index < -0.39 is 11.6 Å². The summed E-state index contributed by atoms with van der Waals surface area (Å²) in [6, 6.07) is 8.33. The van der Waals surface area contributed by atoms with Crippen molar-refractivity contribution in [1.82, 2.24) is 9.78 Å². The lowest BCUT2D eigenvalue weighted by molar-refractivity contribution is 0.573. The van der Waals surface area contributed by atoms with Gasteiger partial charge in [-0.2, -0.15) is 5.10 Å². The number of nitrogens with zero attached hydrogens (tertiary/aromatic N) is 2. The average Bonchev–Trinajstić information content (AvgIpc) is 2.80. The van der Waals surface area contributed by atoms with Crippen LogP contribution in [-0.4, -0.2) is 9.78 Å². The van der Waals surface area contributed by atoms with Crippen LogP contribution < -0.4 is 0 Å². The van der Waals surface area contributed by atoms with E-state index in [4.69, 9.17) is 23.2 Å². The predicted octanol–water partition coefficient (Wildman–Crippen LogP) is 5.23. The molecule has 3 rings (SSSR count). The van der Waals surface area contributed by atoms with E-state index in [1.54, 1.807) is 25.1 Å². The van der Waals surface area contributed by atoms with E-state index in [0.717, 1.165) is 12.1 Å². The maximum absolute atomic E-state index is 13.8. The van der Waals surface area contributed by atoms with E-state index in [9.17, 15) is 8.78 Å². The Labute approximate surface area is 135 Å². The van der Waals surface area contributed by atoms with Crippen LogP contribution in [-0.2, 0) is 0 Å². The summed E-state index contributed by atoms with van der Waals surface area (Å²) in [5.74, 6) is -1.36. The Balaban J connectivity index is 2.11. The molecule has 1 aromatic heterocycles. The highest BCUT2D eigenvalue weighted by molar-refractivity contribution is 6.36. The molecule has 0 amide bonds. The van der Waals surface area contributed by atoms with Gasteiger partial charge in [-0.3, -0.25) is 0 Å². The highest BCUT2D eigenvalue weighted by Gasteiger charge is 2.15. The average molecular weight is 338 g/mol. The highest BCUT2D eigenvalue weighted by Crippen LogP contribution is 2.32. The van der Waals surface area contributed by atoms with Gasteiger partial charge in [0.05, 0.1) is 10.7 Å². The van der Waals surface area contributed by atoms with Gasteiger partial charge in [0.25, 0.3) is 0 Å². The van der Waals surface area contributed by atoms with Crippen molar-refractivity contribution in [3.8, 4) is 16.8 Å². The predicted molar refractivity (Wildman–Crippen MR) is 82.5 cm³/mol. The number of hydrogen-bond acceptors (Lipinski definition) is 1. The molecule has 0 N–H and O–H groups in total. The van der Waals surface area contributed by atoms with Crippen LogP contribution in [0.4, 0.5) is 8.78 Å². The largest absolute Gasteiger partial charge is 0.228 e. The van der Waals surface area contributed by atoms with Gasteiger partial charge in [-0.15, -0.1) is 0 Å². The van der Waals surface area contributed by atoms with Crippen molar-refractivity contribution in [1.29, 1.82) is 0 Å². The molecule has 2 nitrogen and oxygen atoms in total. The van der Waals surface area contributed by atoms with Crippen LogP contribution in [0.5, 0.6) is 0 Å². The van der Waals surface area contributed by atoms with Crippen molar-refractivity contribution in [2.75, 3.05) is 0 Å². The van der Waals surface area contributed by atoms with Crippen LogP contribution in [0, 0.1) is 24.8 Å². The monoisotopic (exact) mass is 337 g/mol. The Morgan fingerprint density at radius 2 is 1.86 bits per heavy atom. The topological polar surface area (TPSA) is 17.8 Å². The standard InChI is InChI=1S/C16H9Cl2F2N2/c1-9-13(12-4-2-10(17)6-14(12)18)8-22(21-9)16-5-3-11(19)7-15(16)20/h2-7H,1H3. The maximum atomic E-state index is 13.8. The van der Waals surface area contributed by atoms with Gasteiger partial charge in [0.1, 0.15) is 17.7 Å². The van der Waals surface area contributed by atoms with E-state index in [1.165, 1.54) is 10.7 Å². The third-order valence-electron chi connectivity index (χ3n) is 3.17. The smallest absolute Gasteiger partial charge is 0.151 e. The number of rotatable bonds is 2. The molecular formula is C16H9Cl2F2N2. The third kappa shape index (κ3) is 2.72. The summed E-state index contributed by atoms with van der Waals surface area (Å²) in [6.45, 7) is 1.76. The molecule has 0 saturated carbocycles. The molecular weight excluding hydrogens is 329 g/mol. The molecule has 0 aliphatic carbocycles. The van der Waals surface area contributed by atoms with Crippen molar-refractivity contribution in [3.05, 3.63) is 70.0 Å². The molecule has 0 fully saturated rings. The molecule has 0 bridgehead atoms. The zero-order valence-electron chi connectivity index (χ0n) is 11.4. The second-order valence-corrected chi connectivity index (χ2v) is 5.55. The van der Waals surface area contributed by atoms with Crippen LogP contribution in [0.2, 0.25) is 10.0 Å². The third-order valence-corrected chi connectivity index (χ3v) is 3.72. The Hall–Kier alpha value is -1.91. The summed E-state index contributed by atoms with van der Waals surface area (Å²) >= 11 is 12.1. The van der Waals surface area contributed by atoms with Gasteiger partial charge in [-0.25, -0.2) is 13.5 Å². The molecule has 0 aliphatic heterocycles. The van der Waals surface area contributed by atoms with Gasteiger partial charge in [0.15, 0.2) is 5.82 Å². The van der Waals surface area contributed by atoms with Gasteiger partial charge < -0.3 is 0 Å². The van der Waals surface area contributed by atoms with Gasteiger partial charge in [0, 0.05) is 22.2 Å². The maximum Gasteiger partial charge on any atom is 0.151 e. The number of benzene rings is 2. The van der Waals surface area contributed by atoms with Gasteiger partial charge in [-0.1, -0.05) is 29.3 Å². The second-order valence-electron chi connectivity index (χ2n) is 4.70. The molecule has 111 valence electrons. The molecule has 0 aliphatic rings. The minimum atomic E-state index is -0.715. The lowest BCUT2D eigenvalue weighted by Crippen LogP contribution is -1.99. The van der Waals surface area contributed by atoms with Gasteiger partial charge in [0.2, 0.25) is 0 Å². The fourth-order valence-corrected chi connectivity index (χ4v) is 2.63. The Morgan fingerprint density at radius 3 is 2.55 bits per heavy atom. The first-order chi connectivity index (χ1) is 10.5. The van der Waals surface area contributed by atoms with E-state index in [0.29, 0.717) is 26.9 Å². The van der Waals surface area contributed by atoms with E-state index in [2.05, 4.69) is 11.3 Å². The van der Waals surface area contributed by atoms with Crippen LogP contribution in [0.15, 0.2) is 36.4 Å².